The van der Waals surface area contributed by atoms with Crippen LogP contribution >= 0.6 is 0 Å². The molecule has 25 heavy (non-hydrogen) atoms. The number of nitrogens with zero attached hydrogens (tertiary/aromatic N) is 1. The lowest BCUT2D eigenvalue weighted by Gasteiger charge is -2.13. The SMILES string of the molecule is Cc1ccc(NS(=O)(=O)c2cc(-c3cc(C)[nH]n3)ccc2C)c(C)c1. The number of H-pyrrole nitrogens is 1. The molecule has 6 heteroatoms. The fraction of sp³-hybridized carbons (Fsp3) is 0.211. The van der Waals surface area contributed by atoms with Crippen LogP contribution in [0.5, 0.6) is 0 Å². The molecule has 0 saturated carbocycles. The highest BCUT2D eigenvalue weighted by Crippen LogP contribution is 2.27. The van der Waals surface area contributed by atoms with E-state index in [4.69, 9.17) is 0 Å². The summed E-state index contributed by atoms with van der Waals surface area (Å²) in [6.07, 6.45) is 0. The van der Waals surface area contributed by atoms with Gasteiger partial charge in [0.2, 0.25) is 0 Å². The number of hydrogen-bond donors (Lipinski definition) is 2. The van der Waals surface area contributed by atoms with Gasteiger partial charge in [-0.3, -0.25) is 9.82 Å². The molecule has 0 spiro atoms. The number of aromatic amines is 1. The number of aromatic nitrogens is 2. The van der Waals surface area contributed by atoms with Crippen molar-refractivity contribution in [2.24, 2.45) is 0 Å². The van der Waals surface area contributed by atoms with Gasteiger partial charge in [-0.15, -0.1) is 0 Å². The van der Waals surface area contributed by atoms with Gasteiger partial charge in [-0.05, 0) is 57.0 Å². The van der Waals surface area contributed by atoms with E-state index in [2.05, 4.69) is 14.9 Å². The average Bonchev–Trinajstić information content (AvgIpc) is 2.97. The van der Waals surface area contributed by atoms with E-state index in [0.717, 1.165) is 28.1 Å². The van der Waals surface area contributed by atoms with E-state index in [0.29, 0.717) is 11.3 Å². The lowest BCUT2D eigenvalue weighted by molar-refractivity contribution is 0.600. The first-order valence-corrected chi connectivity index (χ1v) is 9.48. The molecular weight excluding hydrogens is 334 g/mol. The van der Waals surface area contributed by atoms with Crippen molar-refractivity contribution in [3.05, 3.63) is 64.8 Å². The summed E-state index contributed by atoms with van der Waals surface area (Å²) in [5.74, 6) is 0. The van der Waals surface area contributed by atoms with E-state index in [1.807, 2.05) is 45.0 Å². The minimum atomic E-state index is -3.69. The van der Waals surface area contributed by atoms with Crippen molar-refractivity contribution >= 4 is 15.7 Å². The van der Waals surface area contributed by atoms with Crippen LogP contribution in [0.4, 0.5) is 5.69 Å². The van der Waals surface area contributed by atoms with Crippen LogP contribution in [0.25, 0.3) is 11.3 Å². The number of aryl methyl sites for hydroxylation is 4. The van der Waals surface area contributed by atoms with Gasteiger partial charge in [0, 0.05) is 11.3 Å². The molecule has 0 atom stereocenters. The number of nitrogens with one attached hydrogen (secondary N) is 2. The van der Waals surface area contributed by atoms with Crippen molar-refractivity contribution in [1.82, 2.24) is 10.2 Å². The molecule has 0 unspecified atom stereocenters. The van der Waals surface area contributed by atoms with Crippen LogP contribution in [0.15, 0.2) is 47.4 Å². The van der Waals surface area contributed by atoms with Gasteiger partial charge in [-0.1, -0.05) is 29.8 Å². The summed E-state index contributed by atoms with van der Waals surface area (Å²) in [6.45, 7) is 7.56. The van der Waals surface area contributed by atoms with Gasteiger partial charge < -0.3 is 0 Å². The Kier molecular flexibility index (Phi) is 4.39. The Hall–Kier alpha value is -2.60. The summed E-state index contributed by atoms with van der Waals surface area (Å²) in [5.41, 5.74) is 5.66. The van der Waals surface area contributed by atoms with Gasteiger partial charge >= 0.3 is 0 Å². The zero-order valence-electron chi connectivity index (χ0n) is 14.7. The van der Waals surface area contributed by atoms with E-state index >= 15 is 0 Å². The molecule has 0 aliphatic heterocycles. The van der Waals surface area contributed by atoms with Gasteiger partial charge in [-0.2, -0.15) is 5.10 Å². The van der Waals surface area contributed by atoms with Crippen LogP contribution in [0.2, 0.25) is 0 Å². The number of sulfonamides is 1. The molecule has 3 aromatic rings. The third kappa shape index (κ3) is 3.58. The van der Waals surface area contributed by atoms with Crippen LogP contribution in [-0.4, -0.2) is 18.6 Å². The van der Waals surface area contributed by atoms with Crippen molar-refractivity contribution in [2.75, 3.05) is 4.72 Å². The van der Waals surface area contributed by atoms with Gasteiger partial charge in [0.15, 0.2) is 0 Å². The van der Waals surface area contributed by atoms with Crippen molar-refractivity contribution in [3.8, 4) is 11.3 Å². The minimum absolute atomic E-state index is 0.255. The number of anilines is 1. The van der Waals surface area contributed by atoms with Crippen LogP contribution in [0, 0.1) is 27.7 Å². The third-order valence-corrected chi connectivity index (χ3v) is 5.61. The zero-order valence-corrected chi connectivity index (χ0v) is 15.5. The molecule has 0 saturated heterocycles. The maximum atomic E-state index is 12.9. The van der Waals surface area contributed by atoms with Gasteiger partial charge in [0.25, 0.3) is 10.0 Å². The molecule has 3 rings (SSSR count). The van der Waals surface area contributed by atoms with E-state index in [1.54, 1.807) is 25.1 Å². The highest BCUT2D eigenvalue weighted by atomic mass is 32.2. The first-order chi connectivity index (χ1) is 11.8. The third-order valence-electron chi connectivity index (χ3n) is 4.11. The molecule has 0 aliphatic rings. The van der Waals surface area contributed by atoms with Crippen molar-refractivity contribution in [1.29, 1.82) is 0 Å². The maximum Gasteiger partial charge on any atom is 0.262 e. The molecular formula is C19H21N3O2S. The molecule has 2 aromatic carbocycles. The molecule has 0 bridgehead atoms. The second-order valence-electron chi connectivity index (χ2n) is 6.34. The summed E-state index contributed by atoms with van der Waals surface area (Å²) >= 11 is 0. The summed E-state index contributed by atoms with van der Waals surface area (Å²) < 4.78 is 28.5. The minimum Gasteiger partial charge on any atom is -0.282 e. The molecule has 1 aromatic heterocycles. The number of rotatable bonds is 4. The van der Waals surface area contributed by atoms with E-state index in [9.17, 15) is 8.42 Å². The predicted octanol–water partition coefficient (Wildman–Crippen LogP) is 4.11. The van der Waals surface area contributed by atoms with Crippen LogP contribution < -0.4 is 4.72 Å². The summed E-state index contributed by atoms with van der Waals surface area (Å²) in [7, 11) is -3.69. The lowest BCUT2D eigenvalue weighted by atomic mass is 10.1. The Labute approximate surface area is 148 Å². The van der Waals surface area contributed by atoms with E-state index < -0.39 is 10.0 Å². The molecule has 0 radical (unpaired) electrons. The largest absolute Gasteiger partial charge is 0.282 e. The highest BCUT2D eigenvalue weighted by molar-refractivity contribution is 7.92. The Morgan fingerprint density at radius 3 is 2.32 bits per heavy atom. The monoisotopic (exact) mass is 355 g/mol. The Bertz CT molecular complexity index is 1040. The van der Waals surface area contributed by atoms with E-state index in [1.165, 1.54) is 0 Å². The summed E-state index contributed by atoms with van der Waals surface area (Å²) in [4.78, 5) is 0.255. The molecule has 5 nitrogen and oxygen atoms in total. The lowest BCUT2D eigenvalue weighted by Crippen LogP contribution is -2.15. The first kappa shape index (κ1) is 17.2. The summed E-state index contributed by atoms with van der Waals surface area (Å²) in [5, 5.41) is 7.08. The molecule has 130 valence electrons. The average molecular weight is 355 g/mol. The van der Waals surface area contributed by atoms with E-state index in [-0.39, 0.29) is 4.90 Å². The van der Waals surface area contributed by atoms with Gasteiger partial charge in [-0.25, -0.2) is 8.42 Å². The number of hydrogen-bond acceptors (Lipinski definition) is 3. The van der Waals surface area contributed by atoms with Crippen molar-refractivity contribution in [2.45, 2.75) is 32.6 Å². The molecule has 2 N–H and O–H groups in total. The topological polar surface area (TPSA) is 74.8 Å². The molecule has 1 heterocycles. The first-order valence-electron chi connectivity index (χ1n) is 7.99. The number of benzene rings is 2. The quantitative estimate of drug-likeness (QED) is 0.739. The standard InChI is InChI=1S/C19H21N3O2S/c1-12-5-8-17(14(3)9-12)22-25(23,24)19-11-16(7-6-13(19)2)18-10-15(4)20-21-18/h5-11,22H,1-4H3,(H,20,21). The fourth-order valence-corrected chi connectivity index (χ4v) is 4.15. The summed E-state index contributed by atoms with van der Waals surface area (Å²) in [6, 6.07) is 12.9. The van der Waals surface area contributed by atoms with Crippen molar-refractivity contribution in [3.63, 3.8) is 0 Å². The zero-order chi connectivity index (χ0) is 18.2. The van der Waals surface area contributed by atoms with Crippen LogP contribution in [0.3, 0.4) is 0 Å². The van der Waals surface area contributed by atoms with Crippen molar-refractivity contribution < 1.29 is 8.42 Å². The highest BCUT2D eigenvalue weighted by Gasteiger charge is 2.19. The normalized spacial score (nSPS) is 11.5. The van der Waals surface area contributed by atoms with Gasteiger partial charge in [0.05, 0.1) is 16.3 Å². The fourth-order valence-electron chi connectivity index (χ4n) is 2.74. The molecule has 0 amide bonds. The smallest absolute Gasteiger partial charge is 0.262 e. The second-order valence-corrected chi connectivity index (χ2v) is 7.99. The molecule has 0 aliphatic carbocycles. The molecule has 0 fully saturated rings. The Morgan fingerprint density at radius 2 is 1.68 bits per heavy atom. The maximum absolute atomic E-state index is 12.9. The van der Waals surface area contributed by atoms with Crippen LogP contribution in [0.1, 0.15) is 22.4 Å². The van der Waals surface area contributed by atoms with Gasteiger partial charge in [0.1, 0.15) is 0 Å². The Morgan fingerprint density at radius 1 is 0.920 bits per heavy atom. The predicted molar refractivity (Wildman–Crippen MR) is 100 cm³/mol. The Balaban J connectivity index is 2.01. The van der Waals surface area contributed by atoms with Crippen LogP contribution in [-0.2, 0) is 10.0 Å². The second kappa shape index (κ2) is 6.37.